The Bertz CT molecular complexity index is 219. The van der Waals surface area contributed by atoms with Crippen molar-refractivity contribution in [2.75, 3.05) is 19.7 Å². The number of aliphatic hydroxyl groups excluding tert-OH is 1. The van der Waals surface area contributed by atoms with Gasteiger partial charge in [-0.3, -0.25) is 4.79 Å². The summed E-state index contributed by atoms with van der Waals surface area (Å²) in [6.07, 6.45) is -1.12. The van der Waals surface area contributed by atoms with E-state index in [9.17, 15) is 9.59 Å². The molecule has 0 aliphatic carbocycles. The minimum Gasteiger partial charge on any atom is -0.449 e. The summed E-state index contributed by atoms with van der Waals surface area (Å²) in [6.45, 7) is 0.791. The van der Waals surface area contributed by atoms with Gasteiger partial charge in [-0.15, -0.1) is 0 Å². The molecule has 6 nitrogen and oxygen atoms in total. The van der Waals surface area contributed by atoms with Crippen LogP contribution in [0.15, 0.2) is 0 Å². The van der Waals surface area contributed by atoms with E-state index in [1.54, 1.807) is 0 Å². The normalized spacial score (nSPS) is 19.5. The van der Waals surface area contributed by atoms with E-state index in [2.05, 4.69) is 0 Å². The lowest BCUT2D eigenvalue weighted by Gasteiger charge is -2.27. The number of amides is 2. The van der Waals surface area contributed by atoms with Gasteiger partial charge >= 0.3 is 6.09 Å². The summed E-state index contributed by atoms with van der Waals surface area (Å²) in [5.74, 6) is -0.835. The minimum atomic E-state index is -1.31. The predicted molar refractivity (Wildman–Crippen MR) is 42.7 cm³/mol. The van der Waals surface area contributed by atoms with E-state index in [1.165, 1.54) is 4.90 Å². The van der Waals surface area contributed by atoms with Gasteiger partial charge in [-0.25, -0.2) is 4.79 Å². The van der Waals surface area contributed by atoms with Gasteiger partial charge in [0.2, 0.25) is 5.91 Å². The summed E-state index contributed by atoms with van der Waals surface area (Å²) in [7, 11) is 0. The van der Waals surface area contributed by atoms with E-state index in [0.717, 1.165) is 0 Å². The van der Waals surface area contributed by atoms with Crippen LogP contribution in [0.4, 0.5) is 4.79 Å². The zero-order valence-corrected chi connectivity index (χ0v) is 7.10. The number of carbonyl (C=O) groups is 2. The highest BCUT2D eigenvalue weighted by atomic mass is 16.6. The number of β-amino-alcohol motifs (C(OH)–C–C–N with tert-alkyl or cyclic N) is 1. The predicted octanol–water partition coefficient (Wildman–Crippen LogP) is -1.33. The molecule has 1 unspecified atom stereocenters. The lowest BCUT2D eigenvalue weighted by Crippen LogP contribution is -2.46. The van der Waals surface area contributed by atoms with E-state index >= 15 is 0 Å². The molecule has 3 N–H and O–H groups in total. The van der Waals surface area contributed by atoms with Crippen LogP contribution >= 0.6 is 0 Å². The molecule has 0 aromatic rings. The number of hydrogen-bond donors (Lipinski definition) is 2. The number of cyclic esters (lactones) is 1. The summed E-state index contributed by atoms with van der Waals surface area (Å²) < 4.78 is 4.69. The maximum atomic E-state index is 11.0. The Hall–Kier alpha value is -1.30. The molecule has 1 saturated heterocycles. The largest absolute Gasteiger partial charge is 0.449 e. The number of rotatable bonds is 3. The second-order valence-corrected chi connectivity index (χ2v) is 2.83. The summed E-state index contributed by atoms with van der Waals surface area (Å²) in [5.41, 5.74) is 4.83. The highest BCUT2D eigenvalue weighted by molar-refractivity contribution is 5.79. The van der Waals surface area contributed by atoms with Crippen molar-refractivity contribution in [1.29, 1.82) is 0 Å². The fourth-order valence-corrected chi connectivity index (χ4v) is 1.06. The van der Waals surface area contributed by atoms with E-state index in [1.807, 2.05) is 0 Å². The first kappa shape index (κ1) is 9.79. The molecule has 0 saturated carbocycles. The molecule has 1 fully saturated rings. The van der Waals surface area contributed by atoms with Gasteiger partial charge in [-0.1, -0.05) is 0 Å². The van der Waals surface area contributed by atoms with Crippen LogP contribution in [0, 0.1) is 0 Å². The Balaban J connectivity index is 2.42. The maximum absolute atomic E-state index is 11.0. The summed E-state index contributed by atoms with van der Waals surface area (Å²) in [6, 6.07) is 0. The fourth-order valence-electron chi connectivity index (χ4n) is 1.06. The maximum Gasteiger partial charge on any atom is 0.409 e. The van der Waals surface area contributed by atoms with Gasteiger partial charge in [0.15, 0.2) is 0 Å². The molecular weight excluding hydrogens is 176 g/mol. The Kier molecular flexibility index (Phi) is 3.07. The van der Waals surface area contributed by atoms with Crippen LogP contribution in [-0.2, 0) is 9.53 Å². The minimum absolute atomic E-state index is 0.0891. The van der Waals surface area contributed by atoms with Crippen molar-refractivity contribution in [2.45, 2.75) is 12.5 Å². The van der Waals surface area contributed by atoms with Crippen molar-refractivity contribution in [2.24, 2.45) is 5.73 Å². The van der Waals surface area contributed by atoms with E-state index in [0.29, 0.717) is 19.6 Å². The first-order valence-corrected chi connectivity index (χ1v) is 4.00. The molecular formula is C7H12N2O4. The molecule has 1 rings (SSSR count). The van der Waals surface area contributed by atoms with E-state index in [4.69, 9.17) is 15.6 Å². The second-order valence-electron chi connectivity index (χ2n) is 2.83. The smallest absolute Gasteiger partial charge is 0.409 e. The molecule has 0 aromatic carbocycles. The number of ether oxygens (including phenoxy) is 1. The molecule has 1 atom stereocenters. The number of aliphatic hydroxyl groups is 1. The number of nitrogens with zero attached hydrogens (tertiary/aromatic N) is 1. The fraction of sp³-hybridized carbons (Fsp3) is 0.714. The quantitative estimate of drug-likeness (QED) is 0.574. The number of carbonyl (C=O) groups excluding carboxylic acids is 2. The molecule has 0 spiro atoms. The lowest BCUT2D eigenvalue weighted by molar-refractivity contribution is -0.126. The van der Waals surface area contributed by atoms with Crippen LogP contribution in [0.25, 0.3) is 0 Å². The Labute approximate surface area is 75.3 Å². The number of hydrogen-bond acceptors (Lipinski definition) is 4. The van der Waals surface area contributed by atoms with Crippen molar-refractivity contribution >= 4 is 12.0 Å². The average molecular weight is 188 g/mol. The zero-order valence-electron chi connectivity index (χ0n) is 7.10. The molecule has 74 valence electrons. The molecule has 13 heavy (non-hydrogen) atoms. The molecule has 0 aromatic heterocycles. The van der Waals surface area contributed by atoms with Crippen molar-refractivity contribution in [3.63, 3.8) is 0 Å². The molecule has 1 heterocycles. The van der Waals surface area contributed by atoms with Gasteiger partial charge in [0.25, 0.3) is 0 Å². The van der Waals surface area contributed by atoms with Crippen LogP contribution in [0.5, 0.6) is 0 Å². The van der Waals surface area contributed by atoms with Crippen LogP contribution in [-0.4, -0.2) is 47.8 Å². The zero-order chi connectivity index (χ0) is 9.84. The Morgan fingerprint density at radius 3 is 3.00 bits per heavy atom. The number of primary amides is 1. The third kappa shape index (κ3) is 2.59. The molecule has 0 radical (unpaired) electrons. The summed E-state index contributed by atoms with van der Waals surface area (Å²) in [5, 5.41) is 9.07. The lowest BCUT2D eigenvalue weighted by atomic mass is 10.3. The van der Waals surface area contributed by atoms with Gasteiger partial charge < -0.3 is 20.5 Å². The van der Waals surface area contributed by atoms with Gasteiger partial charge in [0.05, 0.1) is 13.2 Å². The van der Waals surface area contributed by atoms with Gasteiger partial charge in [-0.2, -0.15) is 0 Å². The third-order valence-corrected chi connectivity index (χ3v) is 1.78. The van der Waals surface area contributed by atoms with Crippen LogP contribution < -0.4 is 5.73 Å². The molecule has 6 heteroatoms. The summed E-state index contributed by atoms with van der Waals surface area (Å²) >= 11 is 0. The SMILES string of the molecule is NC(=O)C(O)CN1CCCOC1=O. The van der Waals surface area contributed by atoms with Crippen molar-refractivity contribution < 1.29 is 19.4 Å². The number of nitrogens with two attached hydrogens (primary N) is 1. The van der Waals surface area contributed by atoms with Crippen molar-refractivity contribution in [3.05, 3.63) is 0 Å². The van der Waals surface area contributed by atoms with Crippen molar-refractivity contribution in [1.82, 2.24) is 4.90 Å². The monoisotopic (exact) mass is 188 g/mol. The highest BCUT2D eigenvalue weighted by Gasteiger charge is 2.24. The summed E-state index contributed by atoms with van der Waals surface area (Å²) in [4.78, 5) is 22.7. The van der Waals surface area contributed by atoms with E-state index in [-0.39, 0.29) is 6.54 Å². The van der Waals surface area contributed by atoms with Gasteiger partial charge in [0.1, 0.15) is 6.10 Å². The first-order valence-electron chi connectivity index (χ1n) is 4.00. The van der Waals surface area contributed by atoms with Crippen molar-refractivity contribution in [3.8, 4) is 0 Å². The van der Waals surface area contributed by atoms with Crippen LogP contribution in [0.2, 0.25) is 0 Å². The molecule has 1 aliphatic heterocycles. The average Bonchev–Trinajstić information content (AvgIpc) is 2.08. The first-order chi connectivity index (χ1) is 6.11. The van der Waals surface area contributed by atoms with E-state index < -0.39 is 18.1 Å². The Morgan fingerprint density at radius 2 is 2.46 bits per heavy atom. The molecule has 1 aliphatic rings. The Morgan fingerprint density at radius 1 is 1.77 bits per heavy atom. The molecule has 0 bridgehead atoms. The van der Waals surface area contributed by atoms with Gasteiger partial charge in [-0.05, 0) is 6.42 Å². The van der Waals surface area contributed by atoms with Gasteiger partial charge in [0, 0.05) is 6.54 Å². The molecule has 2 amide bonds. The topological polar surface area (TPSA) is 92.9 Å². The highest BCUT2D eigenvalue weighted by Crippen LogP contribution is 2.04. The third-order valence-electron chi connectivity index (χ3n) is 1.78. The second kappa shape index (κ2) is 4.08. The standard InChI is InChI=1S/C7H12N2O4/c8-6(11)5(10)4-9-2-1-3-13-7(9)12/h5,10H,1-4H2,(H2,8,11). The van der Waals surface area contributed by atoms with Crippen LogP contribution in [0.3, 0.4) is 0 Å². The van der Waals surface area contributed by atoms with Crippen LogP contribution in [0.1, 0.15) is 6.42 Å².